The zero-order chi connectivity index (χ0) is 9.84. The summed E-state index contributed by atoms with van der Waals surface area (Å²) in [6, 6.07) is 5.09. The van der Waals surface area contributed by atoms with Crippen molar-refractivity contribution in [2.75, 3.05) is 13.8 Å². The lowest BCUT2D eigenvalue weighted by atomic mass is 10.1. The molecule has 0 saturated carbocycles. The summed E-state index contributed by atoms with van der Waals surface area (Å²) in [4.78, 5) is 0. The van der Waals surface area contributed by atoms with Crippen LogP contribution in [0.5, 0.6) is 5.75 Å². The lowest BCUT2D eigenvalue weighted by molar-refractivity contribution is 0.138. The average Bonchev–Trinajstić information content (AvgIpc) is 2.16. The van der Waals surface area contributed by atoms with Crippen LogP contribution in [0.4, 0.5) is 4.39 Å². The van der Waals surface area contributed by atoms with E-state index in [1.807, 2.05) is 0 Å². The molecular formula is C9H10BrFO2. The molecule has 1 rings (SSSR count). The van der Waals surface area contributed by atoms with Gasteiger partial charge in [-0.3, -0.25) is 0 Å². The monoisotopic (exact) mass is 248 g/mol. The van der Waals surface area contributed by atoms with Gasteiger partial charge in [0.05, 0.1) is 7.11 Å². The molecule has 13 heavy (non-hydrogen) atoms. The van der Waals surface area contributed by atoms with E-state index in [9.17, 15) is 9.50 Å². The van der Waals surface area contributed by atoms with Gasteiger partial charge in [0.15, 0.2) is 0 Å². The lowest BCUT2D eigenvalue weighted by Gasteiger charge is -2.11. The Labute approximate surface area is 84.5 Å². The van der Waals surface area contributed by atoms with Gasteiger partial charge in [-0.1, -0.05) is 15.9 Å². The van der Waals surface area contributed by atoms with Crippen LogP contribution >= 0.6 is 15.9 Å². The molecule has 0 spiro atoms. The van der Waals surface area contributed by atoms with Crippen LogP contribution in [0.1, 0.15) is 11.7 Å². The Balaban J connectivity index is 3.07. The van der Waals surface area contributed by atoms with Crippen molar-refractivity contribution in [3.05, 3.63) is 28.2 Å². The minimum Gasteiger partial charge on any atom is -0.496 e. The highest BCUT2D eigenvalue weighted by Crippen LogP contribution is 2.28. The number of alkyl halides is 1. The third-order valence-corrected chi connectivity index (χ3v) is 2.19. The molecule has 1 N–H and O–H groups in total. The normalized spacial score (nSPS) is 12.6. The Morgan fingerprint density at radius 3 is 2.85 bits per heavy atom. The molecule has 2 nitrogen and oxygen atoms in total. The van der Waals surface area contributed by atoms with Gasteiger partial charge in [0.25, 0.3) is 0 Å². The third-order valence-electron chi connectivity index (χ3n) is 1.70. The van der Waals surface area contributed by atoms with E-state index >= 15 is 0 Å². The number of hydrogen-bond donors (Lipinski definition) is 1. The van der Waals surface area contributed by atoms with Crippen molar-refractivity contribution in [3.63, 3.8) is 0 Å². The van der Waals surface area contributed by atoms with Crippen LogP contribution in [-0.2, 0) is 0 Å². The first-order valence-electron chi connectivity index (χ1n) is 3.76. The highest BCUT2D eigenvalue weighted by molar-refractivity contribution is 9.10. The van der Waals surface area contributed by atoms with E-state index in [1.54, 1.807) is 18.2 Å². The average molecular weight is 249 g/mol. The molecule has 1 aromatic rings. The summed E-state index contributed by atoms with van der Waals surface area (Å²) in [5.74, 6) is 0.494. The molecule has 0 heterocycles. The van der Waals surface area contributed by atoms with Gasteiger partial charge in [-0.15, -0.1) is 0 Å². The predicted molar refractivity (Wildman–Crippen MR) is 51.6 cm³/mol. The Kier molecular flexibility index (Phi) is 3.69. The van der Waals surface area contributed by atoms with E-state index in [0.717, 1.165) is 4.47 Å². The highest BCUT2D eigenvalue weighted by atomic mass is 79.9. The van der Waals surface area contributed by atoms with E-state index in [4.69, 9.17) is 4.74 Å². The standard InChI is InChI=1S/C9H10BrFO2/c1-13-9-3-2-6(10)4-7(9)8(12)5-11/h2-4,8,12H,5H2,1H3. The molecule has 0 amide bonds. The molecule has 0 saturated heterocycles. The number of methoxy groups -OCH3 is 1. The van der Waals surface area contributed by atoms with Gasteiger partial charge in [0.1, 0.15) is 18.5 Å². The van der Waals surface area contributed by atoms with Crippen molar-refractivity contribution >= 4 is 15.9 Å². The summed E-state index contributed by atoms with van der Waals surface area (Å²) in [5, 5.41) is 9.29. The number of aliphatic hydroxyl groups is 1. The quantitative estimate of drug-likeness (QED) is 0.891. The van der Waals surface area contributed by atoms with E-state index in [-0.39, 0.29) is 0 Å². The topological polar surface area (TPSA) is 29.5 Å². The van der Waals surface area contributed by atoms with Crippen LogP contribution in [-0.4, -0.2) is 18.9 Å². The predicted octanol–water partition coefficient (Wildman–Crippen LogP) is 2.46. The number of rotatable bonds is 3. The fourth-order valence-corrected chi connectivity index (χ4v) is 1.43. The van der Waals surface area contributed by atoms with Gasteiger partial charge in [-0.25, -0.2) is 4.39 Å². The van der Waals surface area contributed by atoms with Crippen LogP contribution in [0.2, 0.25) is 0 Å². The van der Waals surface area contributed by atoms with Gasteiger partial charge in [-0.2, -0.15) is 0 Å². The molecule has 0 fully saturated rings. The summed E-state index contributed by atoms with van der Waals surface area (Å²) < 4.78 is 18.0. The largest absolute Gasteiger partial charge is 0.496 e. The van der Waals surface area contributed by atoms with Crippen LogP contribution in [0.15, 0.2) is 22.7 Å². The first-order chi connectivity index (χ1) is 6.19. The van der Waals surface area contributed by atoms with Gasteiger partial charge in [0, 0.05) is 10.0 Å². The molecule has 0 aliphatic carbocycles. The summed E-state index contributed by atoms with van der Waals surface area (Å²) in [6.07, 6.45) is -1.12. The van der Waals surface area contributed by atoms with Crippen molar-refractivity contribution in [2.24, 2.45) is 0 Å². The molecule has 0 aliphatic rings. The Morgan fingerprint density at radius 2 is 2.31 bits per heavy atom. The van der Waals surface area contributed by atoms with Crippen LogP contribution < -0.4 is 4.74 Å². The number of benzene rings is 1. The van der Waals surface area contributed by atoms with Crippen molar-refractivity contribution in [1.29, 1.82) is 0 Å². The van der Waals surface area contributed by atoms with E-state index in [1.165, 1.54) is 7.11 Å². The molecule has 72 valence electrons. The van der Waals surface area contributed by atoms with E-state index in [0.29, 0.717) is 11.3 Å². The van der Waals surface area contributed by atoms with Crippen molar-refractivity contribution in [1.82, 2.24) is 0 Å². The first-order valence-corrected chi connectivity index (χ1v) is 4.55. The van der Waals surface area contributed by atoms with Gasteiger partial charge in [-0.05, 0) is 18.2 Å². The molecule has 0 radical (unpaired) electrons. The first kappa shape index (κ1) is 10.5. The second-order valence-electron chi connectivity index (χ2n) is 2.56. The summed E-state index contributed by atoms with van der Waals surface area (Å²) in [7, 11) is 1.48. The smallest absolute Gasteiger partial charge is 0.124 e. The maximum absolute atomic E-state index is 12.2. The molecule has 0 aliphatic heterocycles. The lowest BCUT2D eigenvalue weighted by Crippen LogP contribution is -2.02. The molecule has 0 aromatic heterocycles. The minimum atomic E-state index is -1.12. The molecular weight excluding hydrogens is 239 g/mol. The molecule has 4 heteroatoms. The zero-order valence-corrected chi connectivity index (χ0v) is 8.71. The third kappa shape index (κ3) is 2.42. The number of halogens is 2. The maximum Gasteiger partial charge on any atom is 0.124 e. The van der Waals surface area contributed by atoms with Crippen LogP contribution in [0.25, 0.3) is 0 Å². The second-order valence-corrected chi connectivity index (χ2v) is 3.47. The van der Waals surface area contributed by atoms with Crippen LogP contribution in [0.3, 0.4) is 0 Å². The molecule has 0 bridgehead atoms. The van der Waals surface area contributed by atoms with Crippen molar-refractivity contribution < 1.29 is 14.2 Å². The van der Waals surface area contributed by atoms with Gasteiger partial charge >= 0.3 is 0 Å². The molecule has 1 unspecified atom stereocenters. The number of aliphatic hydroxyl groups excluding tert-OH is 1. The maximum atomic E-state index is 12.2. The Hall–Kier alpha value is -0.610. The zero-order valence-electron chi connectivity index (χ0n) is 7.13. The van der Waals surface area contributed by atoms with Crippen molar-refractivity contribution in [2.45, 2.75) is 6.10 Å². The minimum absolute atomic E-state index is 0.458. The highest BCUT2D eigenvalue weighted by Gasteiger charge is 2.12. The fourth-order valence-electron chi connectivity index (χ4n) is 1.05. The van der Waals surface area contributed by atoms with Crippen molar-refractivity contribution in [3.8, 4) is 5.75 Å². The Bertz CT molecular complexity index is 291. The SMILES string of the molecule is COc1ccc(Br)cc1C(O)CF. The van der Waals surface area contributed by atoms with Gasteiger partial charge in [0.2, 0.25) is 0 Å². The van der Waals surface area contributed by atoms with Crippen LogP contribution in [0, 0.1) is 0 Å². The molecule has 1 atom stereocenters. The summed E-state index contributed by atoms with van der Waals surface area (Å²) in [6.45, 7) is -0.813. The molecule has 1 aromatic carbocycles. The summed E-state index contributed by atoms with van der Waals surface area (Å²) >= 11 is 3.23. The van der Waals surface area contributed by atoms with E-state index in [2.05, 4.69) is 15.9 Å². The number of ether oxygens (including phenoxy) is 1. The fraction of sp³-hybridized carbons (Fsp3) is 0.333. The van der Waals surface area contributed by atoms with Gasteiger partial charge < -0.3 is 9.84 Å². The summed E-state index contributed by atoms with van der Waals surface area (Å²) in [5.41, 5.74) is 0.458. The second kappa shape index (κ2) is 4.58. The number of hydrogen-bond acceptors (Lipinski definition) is 2. The van der Waals surface area contributed by atoms with E-state index < -0.39 is 12.8 Å². The Morgan fingerprint density at radius 1 is 1.62 bits per heavy atom.